The number of rotatable bonds is 7. The van der Waals surface area contributed by atoms with E-state index < -0.39 is 0 Å². The van der Waals surface area contributed by atoms with Gasteiger partial charge in [-0.3, -0.25) is 5.10 Å². The van der Waals surface area contributed by atoms with Gasteiger partial charge in [-0.25, -0.2) is 4.79 Å². The predicted molar refractivity (Wildman–Crippen MR) is 130 cm³/mol. The first kappa shape index (κ1) is 22.0. The Balaban J connectivity index is 1.40. The molecule has 168 valence electrons. The number of anilines is 6. The second-order valence-electron chi connectivity index (χ2n) is 7.10. The number of amides is 2. The van der Waals surface area contributed by atoms with Crippen LogP contribution in [0, 0.1) is 6.92 Å². The standard InChI is InChI=1S/C22H22ClN9O/c1-3-18-27-20(30-21(28-18)29-19-12-13(2)31-32-19)24-15-8-10-17(11-9-15)26-22(33)25-16-6-4-14(23)5-7-16/h4-12H,3H2,1-2H3,(H2,25,26,33)(H3,24,27,28,29,30,31,32). The highest BCUT2D eigenvalue weighted by molar-refractivity contribution is 6.30. The largest absolute Gasteiger partial charge is 0.324 e. The van der Waals surface area contributed by atoms with Gasteiger partial charge in [-0.1, -0.05) is 18.5 Å². The zero-order chi connectivity index (χ0) is 23.2. The predicted octanol–water partition coefficient (Wildman–Crippen LogP) is 5.25. The third-order valence-electron chi connectivity index (χ3n) is 4.44. The molecule has 2 aromatic heterocycles. The van der Waals surface area contributed by atoms with Crippen molar-refractivity contribution in [2.24, 2.45) is 0 Å². The molecule has 0 saturated carbocycles. The van der Waals surface area contributed by atoms with Gasteiger partial charge in [0.1, 0.15) is 5.82 Å². The minimum absolute atomic E-state index is 0.354. The normalized spacial score (nSPS) is 10.5. The van der Waals surface area contributed by atoms with Gasteiger partial charge >= 0.3 is 6.03 Å². The molecule has 11 heteroatoms. The number of carbonyl (C=O) groups excluding carboxylic acids is 1. The molecule has 0 radical (unpaired) electrons. The van der Waals surface area contributed by atoms with Crippen molar-refractivity contribution in [2.75, 3.05) is 21.3 Å². The smallest absolute Gasteiger partial charge is 0.323 e. The van der Waals surface area contributed by atoms with Crippen molar-refractivity contribution >= 4 is 52.4 Å². The zero-order valence-electron chi connectivity index (χ0n) is 18.0. The van der Waals surface area contributed by atoms with Gasteiger partial charge in [-0.15, -0.1) is 0 Å². The summed E-state index contributed by atoms with van der Waals surface area (Å²) in [6.07, 6.45) is 0.650. The number of H-pyrrole nitrogens is 1. The molecule has 4 rings (SSSR count). The van der Waals surface area contributed by atoms with E-state index in [-0.39, 0.29) is 6.03 Å². The van der Waals surface area contributed by atoms with Crippen LogP contribution in [0.3, 0.4) is 0 Å². The fourth-order valence-electron chi connectivity index (χ4n) is 2.88. The van der Waals surface area contributed by atoms with Crippen LogP contribution in [0.25, 0.3) is 0 Å². The lowest BCUT2D eigenvalue weighted by Gasteiger charge is -2.10. The van der Waals surface area contributed by atoms with E-state index in [0.717, 1.165) is 11.4 Å². The molecule has 0 spiro atoms. The SMILES string of the molecule is CCc1nc(Nc2ccc(NC(=O)Nc3ccc(Cl)cc3)cc2)nc(Nc2cc(C)[nH]n2)n1. The molecule has 2 aromatic carbocycles. The van der Waals surface area contributed by atoms with Crippen LogP contribution in [-0.2, 0) is 6.42 Å². The van der Waals surface area contributed by atoms with Crippen molar-refractivity contribution in [3.63, 3.8) is 0 Å². The maximum Gasteiger partial charge on any atom is 0.323 e. The van der Waals surface area contributed by atoms with Gasteiger partial charge in [-0.05, 0) is 55.5 Å². The molecule has 0 unspecified atom stereocenters. The topological polar surface area (TPSA) is 133 Å². The Kier molecular flexibility index (Phi) is 6.65. The van der Waals surface area contributed by atoms with Crippen molar-refractivity contribution in [3.05, 3.63) is 71.1 Å². The average Bonchev–Trinajstić information content (AvgIpc) is 3.21. The van der Waals surface area contributed by atoms with Crippen LogP contribution in [0.5, 0.6) is 0 Å². The summed E-state index contributed by atoms with van der Waals surface area (Å²) >= 11 is 5.86. The number of nitrogens with one attached hydrogen (secondary N) is 5. The monoisotopic (exact) mass is 463 g/mol. The van der Waals surface area contributed by atoms with Gasteiger partial charge in [-0.2, -0.15) is 20.1 Å². The number of carbonyl (C=O) groups is 1. The van der Waals surface area contributed by atoms with Crippen molar-refractivity contribution in [2.45, 2.75) is 20.3 Å². The first-order chi connectivity index (χ1) is 16.0. The Morgan fingerprint density at radius 2 is 1.45 bits per heavy atom. The number of nitrogens with zero attached hydrogens (tertiary/aromatic N) is 4. The summed E-state index contributed by atoms with van der Waals surface area (Å²) in [5.41, 5.74) is 2.96. The fraction of sp³-hybridized carbons (Fsp3) is 0.136. The summed E-state index contributed by atoms with van der Waals surface area (Å²) < 4.78 is 0. The Bertz CT molecular complexity index is 1240. The Morgan fingerprint density at radius 3 is 2.03 bits per heavy atom. The van der Waals surface area contributed by atoms with E-state index in [4.69, 9.17) is 11.6 Å². The van der Waals surface area contributed by atoms with Crippen molar-refractivity contribution < 1.29 is 4.79 Å². The molecule has 10 nitrogen and oxygen atoms in total. The molecular weight excluding hydrogens is 442 g/mol. The number of urea groups is 1. The van der Waals surface area contributed by atoms with Crippen LogP contribution in [0.2, 0.25) is 5.02 Å². The summed E-state index contributed by atoms with van der Waals surface area (Å²) in [4.78, 5) is 25.4. The summed E-state index contributed by atoms with van der Waals surface area (Å²) in [5, 5.41) is 19.4. The minimum atomic E-state index is -0.354. The highest BCUT2D eigenvalue weighted by Crippen LogP contribution is 2.19. The van der Waals surface area contributed by atoms with Crippen LogP contribution >= 0.6 is 11.6 Å². The maximum atomic E-state index is 12.2. The van der Waals surface area contributed by atoms with Gasteiger partial charge < -0.3 is 21.3 Å². The molecule has 33 heavy (non-hydrogen) atoms. The van der Waals surface area contributed by atoms with Gasteiger partial charge in [0.25, 0.3) is 0 Å². The fourth-order valence-corrected chi connectivity index (χ4v) is 3.00. The lowest BCUT2D eigenvalue weighted by molar-refractivity contribution is 0.262. The number of halogens is 1. The van der Waals surface area contributed by atoms with Crippen molar-refractivity contribution in [3.8, 4) is 0 Å². The number of aromatic amines is 1. The number of hydrogen-bond acceptors (Lipinski definition) is 7. The third-order valence-corrected chi connectivity index (χ3v) is 4.70. The number of benzene rings is 2. The highest BCUT2D eigenvalue weighted by atomic mass is 35.5. The third kappa shape index (κ3) is 6.17. The van der Waals surface area contributed by atoms with E-state index in [1.54, 1.807) is 36.4 Å². The highest BCUT2D eigenvalue weighted by Gasteiger charge is 2.09. The molecule has 0 aliphatic rings. The van der Waals surface area contributed by atoms with Gasteiger partial charge in [0.05, 0.1) is 0 Å². The second-order valence-corrected chi connectivity index (χ2v) is 7.54. The van der Waals surface area contributed by atoms with Crippen LogP contribution < -0.4 is 21.3 Å². The summed E-state index contributed by atoms with van der Waals surface area (Å²) in [6.45, 7) is 3.88. The Hall–Kier alpha value is -4.18. The maximum absolute atomic E-state index is 12.2. The molecule has 2 heterocycles. The lowest BCUT2D eigenvalue weighted by atomic mass is 10.3. The van der Waals surface area contributed by atoms with E-state index in [1.807, 2.05) is 32.0 Å². The first-order valence-corrected chi connectivity index (χ1v) is 10.6. The van der Waals surface area contributed by atoms with E-state index >= 15 is 0 Å². The zero-order valence-corrected chi connectivity index (χ0v) is 18.7. The van der Waals surface area contributed by atoms with Gasteiger partial charge in [0.15, 0.2) is 5.82 Å². The number of aryl methyl sites for hydroxylation is 2. The average molecular weight is 464 g/mol. The molecule has 5 N–H and O–H groups in total. The van der Waals surface area contributed by atoms with Crippen LogP contribution in [-0.4, -0.2) is 31.2 Å². The van der Waals surface area contributed by atoms with Crippen LogP contribution in [0.15, 0.2) is 54.6 Å². The van der Waals surface area contributed by atoms with Gasteiger partial charge in [0.2, 0.25) is 11.9 Å². The Morgan fingerprint density at radius 1 is 0.879 bits per heavy atom. The molecule has 0 aliphatic heterocycles. The minimum Gasteiger partial charge on any atom is -0.324 e. The molecular formula is C22H22ClN9O. The van der Waals surface area contributed by atoms with E-state index in [1.165, 1.54) is 0 Å². The molecule has 0 aliphatic carbocycles. The second kappa shape index (κ2) is 9.96. The summed E-state index contributed by atoms with van der Waals surface area (Å²) in [5.74, 6) is 2.06. The van der Waals surface area contributed by atoms with Crippen molar-refractivity contribution in [1.82, 2.24) is 25.1 Å². The molecule has 0 fully saturated rings. The first-order valence-electron chi connectivity index (χ1n) is 10.2. The van der Waals surface area contributed by atoms with Crippen LogP contribution in [0.1, 0.15) is 18.4 Å². The molecule has 0 saturated heterocycles. The van der Waals surface area contributed by atoms with Gasteiger partial charge in [0, 0.05) is 40.3 Å². The summed E-state index contributed by atoms with van der Waals surface area (Å²) in [6, 6.07) is 15.6. The van der Waals surface area contributed by atoms with Crippen LogP contribution in [0.4, 0.5) is 39.6 Å². The van der Waals surface area contributed by atoms with E-state index in [0.29, 0.717) is 46.4 Å². The van der Waals surface area contributed by atoms with Crippen molar-refractivity contribution in [1.29, 1.82) is 0 Å². The Labute approximate surface area is 195 Å². The number of aromatic nitrogens is 5. The van der Waals surface area contributed by atoms with E-state index in [2.05, 4.69) is 46.4 Å². The quantitative estimate of drug-likeness (QED) is 0.253. The van der Waals surface area contributed by atoms with E-state index in [9.17, 15) is 4.79 Å². The molecule has 0 bridgehead atoms. The molecule has 2 amide bonds. The number of hydrogen-bond donors (Lipinski definition) is 5. The molecule has 0 atom stereocenters. The summed E-state index contributed by atoms with van der Waals surface area (Å²) in [7, 11) is 0. The molecule has 4 aromatic rings. The lowest BCUT2D eigenvalue weighted by Crippen LogP contribution is -2.19.